The van der Waals surface area contributed by atoms with Crippen LogP contribution in [-0.4, -0.2) is 50.2 Å². The van der Waals surface area contributed by atoms with Crippen LogP contribution < -0.4 is 5.32 Å². The van der Waals surface area contributed by atoms with Gasteiger partial charge in [-0.3, -0.25) is 9.69 Å². The van der Waals surface area contributed by atoms with Gasteiger partial charge in [0.15, 0.2) is 0 Å². The minimum absolute atomic E-state index is 0.106. The third kappa shape index (κ3) is 6.04. The monoisotopic (exact) mass is 449 g/mol. The van der Waals surface area contributed by atoms with E-state index in [0.717, 1.165) is 29.5 Å². The molecule has 0 radical (unpaired) electrons. The molecule has 1 aliphatic heterocycles. The zero-order chi connectivity index (χ0) is 21.6. The number of nitrogens with one attached hydrogen (secondary N) is 1. The van der Waals surface area contributed by atoms with Crippen molar-refractivity contribution in [3.05, 3.63) is 64.7 Å². The van der Waals surface area contributed by atoms with Gasteiger partial charge in [-0.2, -0.15) is 4.31 Å². The molecule has 1 heterocycles. The molecule has 1 amide bonds. The summed E-state index contributed by atoms with van der Waals surface area (Å²) in [5.41, 5.74) is 2.25. The Morgan fingerprint density at radius 1 is 1.03 bits per heavy atom. The van der Waals surface area contributed by atoms with Crippen molar-refractivity contribution in [3.63, 3.8) is 0 Å². The molecule has 0 spiro atoms. The smallest absolute Gasteiger partial charge is 0.243 e. The van der Waals surface area contributed by atoms with Gasteiger partial charge in [0, 0.05) is 25.2 Å². The van der Waals surface area contributed by atoms with Crippen molar-refractivity contribution < 1.29 is 13.2 Å². The highest BCUT2D eigenvalue weighted by atomic mass is 35.5. The standard InChI is InChI=1S/C22H28ClN3O3S/c1-25(30(28,29)21-11-9-20(23)10-12-21)17-22(27)24-15-18-7-3-4-8-19(18)16-26-13-5-2-6-14-26/h3-4,7-12H,2,5-6,13-17H2,1H3,(H,24,27). The van der Waals surface area contributed by atoms with Gasteiger partial charge in [-0.05, 0) is 61.3 Å². The molecule has 2 aromatic rings. The van der Waals surface area contributed by atoms with Gasteiger partial charge in [0.1, 0.15) is 0 Å². The maximum atomic E-state index is 12.6. The number of carbonyl (C=O) groups excluding carboxylic acids is 1. The van der Waals surface area contributed by atoms with Crippen LogP contribution in [0.4, 0.5) is 0 Å². The number of likely N-dealkylation sites (tertiary alicyclic amines) is 1. The van der Waals surface area contributed by atoms with Crippen LogP contribution in [0.25, 0.3) is 0 Å². The van der Waals surface area contributed by atoms with E-state index in [9.17, 15) is 13.2 Å². The highest BCUT2D eigenvalue weighted by Crippen LogP contribution is 2.18. The average molecular weight is 450 g/mol. The fourth-order valence-electron chi connectivity index (χ4n) is 3.57. The normalized spacial score (nSPS) is 15.3. The molecule has 1 saturated heterocycles. The molecule has 8 heteroatoms. The second-order valence-electron chi connectivity index (χ2n) is 7.60. The molecule has 0 aliphatic carbocycles. The lowest BCUT2D eigenvalue weighted by atomic mass is 10.0. The summed E-state index contributed by atoms with van der Waals surface area (Å²) in [6, 6.07) is 14.0. The number of piperidine rings is 1. The molecule has 3 rings (SSSR count). The van der Waals surface area contributed by atoms with E-state index in [1.807, 2.05) is 18.2 Å². The molecule has 0 aromatic heterocycles. The number of likely N-dealkylation sites (N-methyl/N-ethyl adjacent to an activating group) is 1. The molecule has 0 saturated carbocycles. The summed E-state index contributed by atoms with van der Waals surface area (Å²) in [6.45, 7) is 3.20. The van der Waals surface area contributed by atoms with E-state index in [0.29, 0.717) is 11.6 Å². The van der Waals surface area contributed by atoms with Gasteiger partial charge >= 0.3 is 0 Å². The summed E-state index contributed by atoms with van der Waals surface area (Å²) in [5, 5.41) is 3.31. The minimum atomic E-state index is -3.75. The molecule has 1 N–H and O–H groups in total. The number of halogens is 1. The lowest BCUT2D eigenvalue weighted by Crippen LogP contribution is -2.38. The molecule has 0 atom stereocenters. The molecule has 1 fully saturated rings. The number of rotatable bonds is 8. The summed E-state index contributed by atoms with van der Waals surface area (Å²) in [4.78, 5) is 15.0. The molecule has 30 heavy (non-hydrogen) atoms. The fourth-order valence-corrected chi connectivity index (χ4v) is 4.82. The SMILES string of the molecule is CN(CC(=O)NCc1ccccc1CN1CCCCC1)S(=O)(=O)c1ccc(Cl)cc1. The van der Waals surface area contributed by atoms with Crippen LogP contribution in [0.5, 0.6) is 0 Å². The first-order chi connectivity index (χ1) is 14.4. The van der Waals surface area contributed by atoms with Gasteiger partial charge in [-0.1, -0.05) is 42.3 Å². The number of nitrogens with zero attached hydrogens (tertiary/aromatic N) is 2. The van der Waals surface area contributed by atoms with E-state index in [4.69, 9.17) is 11.6 Å². The van der Waals surface area contributed by atoms with Crippen LogP contribution in [0.1, 0.15) is 30.4 Å². The molecular formula is C22H28ClN3O3S. The number of sulfonamides is 1. The first kappa shape index (κ1) is 22.7. The maximum Gasteiger partial charge on any atom is 0.243 e. The summed E-state index contributed by atoms with van der Waals surface area (Å²) < 4.78 is 26.3. The van der Waals surface area contributed by atoms with Crippen LogP contribution in [0.3, 0.4) is 0 Å². The van der Waals surface area contributed by atoms with Crippen molar-refractivity contribution in [2.45, 2.75) is 37.2 Å². The van der Waals surface area contributed by atoms with Gasteiger partial charge in [0.25, 0.3) is 0 Å². The Labute approximate surface area is 183 Å². The van der Waals surface area contributed by atoms with E-state index >= 15 is 0 Å². The Morgan fingerprint density at radius 3 is 2.33 bits per heavy atom. The van der Waals surface area contributed by atoms with E-state index in [-0.39, 0.29) is 17.3 Å². The van der Waals surface area contributed by atoms with Crippen molar-refractivity contribution >= 4 is 27.5 Å². The summed E-state index contributed by atoms with van der Waals surface area (Å²) >= 11 is 5.82. The van der Waals surface area contributed by atoms with E-state index in [2.05, 4.69) is 16.3 Å². The van der Waals surface area contributed by atoms with Gasteiger partial charge in [-0.15, -0.1) is 0 Å². The first-order valence-corrected chi connectivity index (χ1v) is 12.0. The number of hydrogen-bond donors (Lipinski definition) is 1. The van der Waals surface area contributed by atoms with Crippen molar-refractivity contribution in [1.29, 1.82) is 0 Å². The van der Waals surface area contributed by atoms with Crippen molar-refractivity contribution in [2.24, 2.45) is 0 Å². The molecule has 162 valence electrons. The third-order valence-electron chi connectivity index (χ3n) is 5.33. The van der Waals surface area contributed by atoms with Crippen LogP contribution in [0.15, 0.2) is 53.4 Å². The van der Waals surface area contributed by atoms with Crippen LogP contribution in [-0.2, 0) is 27.9 Å². The Bertz CT molecular complexity index is 958. The number of benzene rings is 2. The predicted octanol–water partition coefficient (Wildman–Crippen LogP) is 3.26. The predicted molar refractivity (Wildman–Crippen MR) is 119 cm³/mol. The van der Waals surface area contributed by atoms with E-state index in [1.165, 1.54) is 56.1 Å². The van der Waals surface area contributed by atoms with Gasteiger partial charge < -0.3 is 5.32 Å². The lowest BCUT2D eigenvalue weighted by Gasteiger charge is -2.27. The Morgan fingerprint density at radius 2 is 1.67 bits per heavy atom. The largest absolute Gasteiger partial charge is 0.351 e. The van der Waals surface area contributed by atoms with Crippen molar-refractivity contribution in [2.75, 3.05) is 26.7 Å². The molecule has 1 aliphatic rings. The maximum absolute atomic E-state index is 12.6. The van der Waals surface area contributed by atoms with Crippen molar-refractivity contribution in [1.82, 2.24) is 14.5 Å². The van der Waals surface area contributed by atoms with Crippen molar-refractivity contribution in [3.8, 4) is 0 Å². The fraction of sp³-hybridized carbons (Fsp3) is 0.409. The molecule has 0 unspecified atom stereocenters. The molecule has 0 bridgehead atoms. The molecular weight excluding hydrogens is 422 g/mol. The molecule has 2 aromatic carbocycles. The highest BCUT2D eigenvalue weighted by Gasteiger charge is 2.23. The Kier molecular flexibility index (Phi) is 7.88. The summed E-state index contributed by atoms with van der Waals surface area (Å²) in [7, 11) is -2.36. The topological polar surface area (TPSA) is 69.7 Å². The first-order valence-electron chi connectivity index (χ1n) is 10.1. The minimum Gasteiger partial charge on any atom is -0.351 e. The van der Waals surface area contributed by atoms with Gasteiger partial charge in [-0.25, -0.2) is 8.42 Å². The summed E-state index contributed by atoms with van der Waals surface area (Å²) in [6.07, 6.45) is 3.75. The van der Waals surface area contributed by atoms with Crippen LogP contribution >= 0.6 is 11.6 Å². The Hall–Kier alpha value is -1.93. The second-order valence-corrected chi connectivity index (χ2v) is 10.1. The van der Waals surface area contributed by atoms with Gasteiger partial charge in [0.05, 0.1) is 11.4 Å². The number of carbonyl (C=O) groups is 1. The van der Waals surface area contributed by atoms with Crippen LogP contribution in [0, 0.1) is 0 Å². The highest BCUT2D eigenvalue weighted by molar-refractivity contribution is 7.89. The van der Waals surface area contributed by atoms with Gasteiger partial charge in [0.2, 0.25) is 15.9 Å². The van der Waals surface area contributed by atoms with E-state index < -0.39 is 10.0 Å². The Balaban J connectivity index is 1.57. The average Bonchev–Trinajstić information content (AvgIpc) is 2.74. The lowest BCUT2D eigenvalue weighted by molar-refractivity contribution is -0.121. The van der Waals surface area contributed by atoms with Crippen LogP contribution in [0.2, 0.25) is 5.02 Å². The molecule has 6 nitrogen and oxygen atoms in total. The summed E-state index contributed by atoms with van der Waals surface area (Å²) in [5.74, 6) is -0.345. The quantitative estimate of drug-likeness (QED) is 0.671. The second kappa shape index (κ2) is 10.4. The number of amides is 1. The number of hydrogen-bond acceptors (Lipinski definition) is 4. The third-order valence-corrected chi connectivity index (χ3v) is 7.39. The zero-order valence-corrected chi connectivity index (χ0v) is 18.8. The van der Waals surface area contributed by atoms with E-state index in [1.54, 1.807) is 0 Å². The zero-order valence-electron chi connectivity index (χ0n) is 17.2.